The van der Waals surface area contributed by atoms with Crippen LogP contribution >= 0.6 is 0 Å². The SMILES string of the molecule is CCCCN1C(=O)N(CC(=O)Nc2c(C(C)C)cccc2C(C)C)C(c2cccc(OCCCOCc3ccccc3)c2)c2ccccc21. The van der Waals surface area contributed by atoms with Crippen molar-refractivity contribution in [1.29, 1.82) is 0 Å². The summed E-state index contributed by atoms with van der Waals surface area (Å²) in [5.41, 5.74) is 6.95. The summed E-state index contributed by atoms with van der Waals surface area (Å²) in [6.07, 6.45) is 2.57. The number of hydrogen-bond donors (Lipinski definition) is 1. The molecule has 0 bridgehead atoms. The summed E-state index contributed by atoms with van der Waals surface area (Å²) < 4.78 is 12.0. The Bertz CT molecular complexity index is 1660. The summed E-state index contributed by atoms with van der Waals surface area (Å²) in [6, 6.07) is 31.7. The molecule has 0 radical (unpaired) electrons. The van der Waals surface area contributed by atoms with Crippen LogP contribution in [0.25, 0.3) is 0 Å². The molecule has 1 heterocycles. The molecule has 1 aliphatic rings. The Hall–Kier alpha value is -4.62. The quantitative estimate of drug-likeness (QED) is 0.121. The molecular weight excluding hydrogens is 610 g/mol. The maximum atomic E-state index is 14.4. The minimum Gasteiger partial charge on any atom is -0.493 e. The maximum absolute atomic E-state index is 14.4. The lowest BCUT2D eigenvalue weighted by atomic mass is 9.92. The van der Waals surface area contributed by atoms with Gasteiger partial charge in [-0.2, -0.15) is 0 Å². The van der Waals surface area contributed by atoms with Crippen LogP contribution in [-0.4, -0.2) is 43.1 Å². The van der Waals surface area contributed by atoms with Crippen LogP contribution in [0.5, 0.6) is 5.75 Å². The predicted octanol–water partition coefficient (Wildman–Crippen LogP) is 9.69. The van der Waals surface area contributed by atoms with Crippen LogP contribution in [0.1, 0.15) is 99.6 Å². The number of unbranched alkanes of at least 4 members (excludes halogenated alkanes) is 1. The smallest absolute Gasteiger partial charge is 0.325 e. The van der Waals surface area contributed by atoms with Gasteiger partial charge in [-0.25, -0.2) is 4.79 Å². The summed E-state index contributed by atoms with van der Waals surface area (Å²) in [4.78, 5) is 32.0. The van der Waals surface area contributed by atoms with E-state index in [-0.39, 0.29) is 30.3 Å². The van der Waals surface area contributed by atoms with E-state index in [1.54, 1.807) is 4.90 Å². The summed E-state index contributed by atoms with van der Waals surface area (Å²) in [5.74, 6) is 0.961. The first kappa shape index (κ1) is 35.7. The third-order valence-corrected chi connectivity index (χ3v) is 8.98. The Balaban J connectivity index is 1.39. The molecule has 0 aromatic heterocycles. The lowest BCUT2D eigenvalue weighted by Gasteiger charge is -2.42. The molecule has 1 unspecified atom stereocenters. The molecular formula is C42H51N3O4. The van der Waals surface area contributed by atoms with Gasteiger partial charge in [0.05, 0.1) is 31.5 Å². The van der Waals surface area contributed by atoms with Crippen molar-refractivity contribution >= 4 is 23.3 Å². The van der Waals surface area contributed by atoms with E-state index >= 15 is 0 Å². The minimum atomic E-state index is -0.463. The number of amides is 3. The van der Waals surface area contributed by atoms with Crippen molar-refractivity contribution in [3.63, 3.8) is 0 Å². The number of hydrogen-bond acceptors (Lipinski definition) is 4. The zero-order valence-electron chi connectivity index (χ0n) is 29.7. The zero-order chi connectivity index (χ0) is 34.8. The molecule has 49 heavy (non-hydrogen) atoms. The van der Waals surface area contributed by atoms with Gasteiger partial charge in [-0.15, -0.1) is 0 Å². The van der Waals surface area contributed by atoms with Crippen LogP contribution in [0.2, 0.25) is 0 Å². The van der Waals surface area contributed by atoms with Crippen molar-refractivity contribution in [2.75, 3.05) is 36.5 Å². The molecule has 3 amide bonds. The predicted molar refractivity (Wildman–Crippen MR) is 199 cm³/mol. The molecule has 1 N–H and O–H groups in total. The molecule has 5 rings (SSSR count). The van der Waals surface area contributed by atoms with Gasteiger partial charge in [0.2, 0.25) is 5.91 Å². The van der Waals surface area contributed by atoms with Crippen LogP contribution in [-0.2, 0) is 16.1 Å². The summed E-state index contributed by atoms with van der Waals surface area (Å²) in [6.45, 7) is 12.8. The van der Waals surface area contributed by atoms with Gasteiger partial charge in [-0.3, -0.25) is 9.69 Å². The van der Waals surface area contributed by atoms with Crippen molar-refractivity contribution in [2.45, 2.75) is 78.4 Å². The number of carbonyl (C=O) groups is 2. The summed E-state index contributed by atoms with van der Waals surface area (Å²) in [7, 11) is 0. The topological polar surface area (TPSA) is 71.1 Å². The number of benzene rings is 4. The third kappa shape index (κ3) is 8.90. The van der Waals surface area contributed by atoms with E-state index < -0.39 is 6.04 Å². The van der Waals surface area contributed by atoms with E-state index in [1.807, 2.05) is 65.6 Å². The second-order valence-electron chi connectivity index (χ2n) is 13.4. The Morgan fingerprint density at radius 2 is 1.51 bits per heavy atom. The molecule has 258 valence electrons. The van der Waals surface area contributed by atoms with Crippen molar-refractivity contribution in [3.05, 3.63) is 125 Å². The largest absolute Gasteiger partial charge is 0.493 e. The number of fused-ring (bicyclic) bond motifs is 1. The fourth-order valence-corrected chi connectivity index (χ4v) is 6.47. The highest BCUT2D eigenvalue weighted by Crippen LogP contribution is 2.41. The van der Waals surface area contributed by atoms with Crippen LogP contribution in [0, 0.1) is 0 Å². The van der Waals surface area contributed by atoms with Crippen LogP contribution in [0.15, 0.2) is 97.1 Å². The fraction of sp³-hybridized carbons (Fsp3) is 0.381. The highest BCUT2D eigenvalue weighted by atomic mass is 16.5. The molecule has 1 atom stereocenters. The second kappa shape index (κ2) is 17.2. The van der Waals surface area contributed by atoms with Gasteiger partial charge in [0.15, 0.2) is 0 Å². The first-order chi connectivity index (χ1) is 23.8. The number of ether oxygens (including phenoxy) is 2. The third-order valence-electron chi connectivity index (χ3n) is 8.98. The standard InChI is InChI=1S/C42H51N3O4/c1-6-7-24-44-38-23-12-11-20-37(38)41(33-18-13-19-34(27-33)49-26-15-25-48-29-32-16-9-8-10-17-32)45(42(44)47)28-39(46)43-40-35(30(2)3)21-14-22-36(40)31(4)5/h8-14,16-23,27,30-31,41H,6-7,15,24-26,28-29H2,1-5H3,(H,43,46). The number of urea groups is 1. The second-order valence-corrected chi connectivity index (χ2v) is 13.4. The normalized spacial score (nSPS) is 14.3. The summed E-state index contributed by atoms with van der Waals surface area (Å²) >= 11 is 0. The molecule has 7 nitrogen and oxygen atoms in total. The van der Waals surface area contributed by atoms with Crippen LogP contribution in [0.4, 0.5) is 16.2 Å². The number of rotatable bonds is 16. The molecule has 7 heteroatoms. The first-order valence-electron chi connectivity index (χ1n) is 17.7. The van der Waals surface area contributed by atoms with E-state index in [0.717, 1.165) is 64.2 Å². The first-order valence-corrected chi connectivity index (χ1v) is 17.7. The van der Waals surface area contributed by atoms with Gasteiger partial charge in [0.1, 0.15) is 12.3 Å². The number of para-hydroxylation sites is 2. The van der Waals surface area contributed by atoms with E-state index in [9.17, 15) is 9.59 Å². The van der Waals surface area contributed by atoms with Gasteiger partial charge >= 0.3 is 6.03 Å². The average Bonchev–Trinajstić information content (AvgIpc) is 3.10. The highest BCUT2D eigenvalue weighted by Gasteiger charge is 2.39. The van der Waals surface area contributed by atoms with E-state index in [0.29, 0.717) is 26.4 Å². The van der Waals surface area contributed by atoms with Crippen LogP contribution in [0.3, 0.4) is 0 Å². The number of carbonyl (C=O) groups excluding carboxylic acids is 2. The van der Waals surface area contributed by atoms with Gasteiger partial charge in [0.25, 0.3) is 0 Å². The minimum absolute atomic E-state index is 0.0890. The number of nitrogens with one attached hydrogen (secondary N) is 1. The van der Waals surface area contributed by atoms with Gasteiger partial charge < -0.3 is 19.7 Å². The van der Waals surface area contributed by atoms with E-state index in [1.165, 1.54) is 0 Å². The maximum Gasteiger partial charge on any atom is 0.325 e. The van der Waals surface area contributed by atoms with Crippen LogP contribution < -0.4 is 15.0 Å². The fourth-order valence-electron chi connectivity index (χ4n) is 6.47. The van der Waals surface area contributed by atoms with Gasteiger partial charge in [-0.05, 0) is 58.7 Å². The van der Waals surface area contributed by atoms with E-state index in [4.69, 9.17) is 9.47 Å². The lowest BCUT2D eigenvalue weighted by Crippen LogP contribution is -2.52. The number of nitrogens with zero attached hydrogens (tertiary/aromatic N) is 2. The Morgan fingerprint density at radius 1 is 0.816 bits per heavy atom. The summed E-state index contributed by atoms with van der Waals surface area (Å²) in [5, 5.41) is 3.24. The Kier molecular flexibility index (Phi) is 12.5. The zero-order valence-corrected chi connectivity index (χ0v) is 29.7. The molecule has 0 fully saturated rings. The monoisotopic (exact) mass is 661 g/mol. The molecule has 4 aromatic rings. The Labute approximate surface area is 292 Å². The molecule has 0 saturated carbocycles. The van der Waals surface area contributed by atoms with Gasteiger partial charge in [0, 0.05) is 24.2 Å². The van der Waals surface area contributed by atoms with E-state index in [2.05, 4.69) is 76.3 Å². The molecule has 0 spiro atoms. The van der Waals surface area contributed by atoms with Crippen molar-refractivity contribution < 1.29 is 19.1 Å². The molecule has 0 aliphatic carbocycles. The molecule has 1 aliphatic heterocycles. The number of anilines is 2. The van der Waals surface area contributed by atoms with Gasteiger partial charge in [-0.1, -0.05) is 120 Å². The highest BCUT2D eigenvalue weighted by molar-refractivity contribution is 6.01. The lowest BCUT2D eigenvalue weighted by molar-refractivity contribution is -0.117. The molecule has 4 aromatic carbocycles. The Morgan fingerprint density at radius 3 is 2.22 bits per heavy atom. The van der Waals surface area contributed by atoms with Crippen molar-refractivity contribution in [3.8, 4) is 5.75 Å². The van der Waals surface area contributed by atoms with Crippen molar-refractivity contribution in [1.82, 2.24) is 4.90 Å². The van der Waals surface area contributed by atoms with Crippen molar-refractivity contribution in [2.24, 2.45) is 0 Å². The average molecular weight is 662 g/mol. The molecule has 0 saturated heterocycles.